The lowest BCUT2D eigenvalue weighted by Gasteiger charge is -2.16. The van der Waals surface area contributed by atoms with Gasteiger partial charge in [0, 0.05) is 42.9 Å². The van der Waals surface area contributed by atoms with Gasteiger partial charge in [0.1, 0.15) is 17.1 Å². The number of tetrazole rings is 1. The normalized spacial score (nSPS) is 10.9. The van der Waals surface area contributed by atoms with E-state index in [9.17, 15) is 9.59 Å². The van der Waals surface area contributed by atoms with Crippen LogP contribution < -0.4 is 25.7 Å². The number of anilines is 3. The fraction of sp³-hybridized carbons (Fsp3) is 0.148. The molecule has 5 rings (SSSR count). The summed E-state index contributed by atoms with van der Waals surface area (Å²) in [5.41, 5.74) is 1.95. The smallest absolute Gasteiger partial charge is 0.259 e. The Kier molecular flexibility index (Phi) is 7.79. The number of hydrogen-bond donors (Lipinski definition) is 2. The summed E-state index contributed by atoms with van der Waals surface area (Å²) in [5.74, 6) is 0.842. The predicted octanol–water partition coefficient (Wildman–Crippen LogP) is 4.38. The molecule has 0 atom stereocenters. The lowest BCUT2D eigenvalue weighted by molar-refractivity contribution is -0.111. The highest BCUT2D eigenvalue weighted by Gasteiger charge is 2.23. The zero-order valence-electron chi connectivity index (χ0n) is 22.8. The number of carbonyl (C=O) groups is 1. The van der Waals surface area contributed by atoms with Crippen LogP contribution in [-0.2, 0) is 18.9 Å². The van der Waals surface area contributed by atoms with Gasteiger partial charge in [-0.05, 0) is 40.8 Å². The van der Waals surface area contributed by atoms with Gasteiger partial charge in [-0.3, -0.25) is 14.2 Å². The van der Waals surface area contributed by atoms with Crippen LogP contribution in [-0.4, -0.2) is 54.9 Å². The second-order valence-corrected chi connectivity index (χ2v) is 9.64. The first-order valence-electron chi connectivity index (χ1n) is 12.2. The number of halogens is 2. The fourth-order valence-electron chi connectivity index (χ4n) is 4.28. The highest BCUT2D eigenvalue weighted by atomic mass is 35.5. The molecule has 0 unspecified atom stereocenters. The molecule has 1 amide bonds. The van der Waals surface area contributed by atoms with Crippen molar-refractivity contribution in [2.45, 2.75) is 0 Å². The van der Waals surface area contributed by atoms with Crippen LogP contribution in [0.4, 0.5) is 17.3 Å². The molecule has 0 fully saturated rings. The Balaban J connectivity index is 1.58. The summed E-state index contributed by atoms with van der Waals surface area (Å²) < 4.78 is 13.6. The van der Waals surface area contributed by atoms with Gasteiger partial charge >= 0.3 is 0 Å². The number of methoxy groups -OCH3 is 2. The van der Waals surface area contributed by atoms with Crippen molar-refractivity contribution in [1.82, 2.24) is 34.7 Å². The molecule has 15 heteroatoms. The van der Waals surface area contributed by atoms with Gasteiger partial charge in [-0.25, -0.2) is 9.67 Å². The molecule has 0 radical (unpaired) electrons. The first-order valence-corrected chi connectivity index (χ1v) is 13.0. The third kappa shape index (κ3) is 5.10. The highest BCUT2D eigenvalue weighted by Crippen LogP contribution is 2.45. The monoisotopic (exact) mass is 607 g/mol. The maximum absolute atomic E-state index is 13.6. The van der Waals surface area contributed by atoms with E-state index in [-0.39, 0.29) is 27.1 Å². The molecule has 2 N–H and O–H groups in total. The van der Waals surface area contributed by atoms with Gasteiger partial charge in [0.2, 0.25) is 11.9 Å². The zero-order valence-corrected chi connectivity index (χ0v) is 24.3. The Hall–Kier alpha value is -5.01. The number of hydrogen-bond acceptors (Lipinski definition) is 10. The Morgan fingerprint density at radius 1 is 1.05 bits per heavy atom. The molecule has 3 aromatic heterocycles. The van der Waals surface area contributed by atoms with Crippen LogP contribution in [0.15, 0.2) is 54.0 Å². The van der Waals surface area contributed by atoms with Crippen LogP contribution in [0.2, 0.25) is 10.0 Å². The zero-order chi connectivity index (χ0) is 30.1. The summed E-state index contributed by atoms with van der Waals surface area (Å²) in [7, 11) is 6.18. The van der Waals surface area contributed by atoms with Crippen molar-refractivity contribution < 1.29 is 14.3 Å². The summed E-state index contributed by atoms with van der Waals surface area (Å²) in [6.07, 6.45) is 2.70. The molecule has 0 spiro atoms. The number of nitrogens with zero attached hydrogens (tertiary/aromatic N) is 7. The molecule has 0 saturated carbocycles. The van der Waals surface area contributed by atoms with Crippen molar-refractivity contribution in [2.24, 2.45) is 14.1 Å². The quantitative estimate of drug-likeness (QED) is 0.243. The molecule has 0 bridgehead atoms. The number of aryl methyl sites for hydroxylation is 2. The number of rotatable bonds is 8. The van der Waals surface area contributed by atoms with Crippen LogP contribution in [0.5, 0.6) is 11.5 Å². The number of benzene rings is 2. The fourth-order valence-corrected chi connectivity index (χ4v) is 4.99. The lowest BCUT2D eigenvalue weighted by atomic mass is 10.0. The van der Waals surface area contributed by atoms with E-state index in [4.69, 9.17) is 32.7 Å². The molecule has 2 aromatic carbocycles. The van der Waals surface area contributed by atoms with Crippen molar-refractivity contribution in [1.29, 1.82) is 0 Å². The van der Waals surface area contributed by atoms with E-state index in [0.29, 0.717) is 45.3 Å². The molecule has 0 saturated heterocycles. The van der Waals surface area contributed by atoms with Crippen LogP contribution in [0, 0.1) is 0 Å². The van der Waals surface area contributed by atoms with Gasteiger partial charge in [0.05, 0.1) is 41.2 Å². The van der Waals surface area contributed by atoms with Crippen molar-refractivity contribution in [3.8, 4) is 34.0 Å². The summed E-state index contributed by atoms with van der Waals surface area (Å²) >= 11 is 13.2. The van der Waals surface area contributed by atoms with E-state index in [0.717, 1.165) is 6.08 Å². The first-order chi connectivity index (χ1) is 20.2. The molecule has 0 aliphatic carbocycles. The molecule has 0 aliphatic rings. The summed E-state index contributed by atoms with van der Waals surface area (Å²) in [6, 6.07) is 8.35. The van der Waals surface area contributed by atoms with Gasteiger partial charge in [0.15, 0.2) is 5.82 Å². The Labute approximate surface area is 248 Å². The van der Waals surface area contributed by atoms with Gasteiger partial charge in [-0.1, -0.05) is 29.8 Å². The van der Waals surface area contributed by atoms with Gasteiger partial charge in [0.25, 0.3) is 5.56 Å². The number of aromatic nitrogens is 7. The third-order valence-corrected chi connectivity index (χ3v) is 7.13. The minimum Gasteiger partial charge on any atom is -0.495 e. The van der Waals surface area contributed by atoms with Crippen molar-refractivity contribution in [2.75, 3.05) is 24.9 Å². The predicted molar refractivity (Wildman–Crippen MR) is 160 cm³/mol. The minimum absolute atomic E-state index is 0.161. The van der Waals surface area contributed by atoms with Crippen molar-refractivity contribution in [3.63, 3.8) is 0 Å². The molecule has 3 heterocycles. The second kappa shape index (κ2) is 11.5. The number of fused-ring (bicyclic) bond motifs is 1. The van der Waals surface area contributed by atoms with Crippen LogP contribution in [0.3, 0.4) is 0 Å². The molecule has 214 valence electrons. The number of carbonyl (C=O) groups excluding carboxylic acids is 1. The Morgan fingerprint density at radius 3 is 2.38 bits per heavy atom. The summed E-state index contributed by atoms with van der Waals surface area (Å²) in [5, 5.41) is 18.2. The maximum Gasteiger partial charge on any atom is 0.259 e. The van der Waals surface area contributed by atoms with E-state index in [1.54, 1.807) is 50.6 Å². The summed E-state index contributed by atoms with van der Waals surface area (Å²) in [4.78, 5) is 34.7. The van der Waals surface area contributed by atoms with E-state index in [2.05, 4.69) is 42.7 Å². The van der Waals surface area contributed by atoms with Crippen LogP contribution in [0.25, 0.3) is 33.5 Å². The van der Waals surface area contributed by atoms with E-state index in [1.807, 2.05) is 0 Å². The third-order valence-electron chi connectivity index (χ3n) is 6.38. The van der Waals surface area contributed by atoms with Crippen molar-refractivity contribution >= 4 is 57.5 Å². The molecular formula is C27H23Cl2N9O4. The molecule has 5 aromatic rings. The SMILES string of the molecule is C=CC(=O)Nc1cc(-c2nnnn2C)ccc1Nc1ncc2cc(-c3c(Cl)c(OC)cc(OC)c3Cl)c(=O)n(C)c2n1. The second-order valence-electron chi connectivity index (χ2n) is 8.88. The van der Waals surface area contributed by atoms with Gasteiger partial charge in [-0.15, -0.1) is 5.10 Å². The summed E-state index contributed by atoms with van der Waals surface area (Å²) in [6.45, 7) is 3.51. The average molecular weight is 608 g/mol. The molecule has 0 aliphatic heterocycles. The molecule has 13 nitrogen and oxygen atoms in total. The van der Waals surface area contributed by atoms with E-state index in [1.165, 1.54) is 23.5 Å². The van der Waals surface area contributed by atoms with Gasteiger partial charge < -0.3 is 20.1 Å². The molecular weight excluding hydrogens is 585 g/mol. The number of ether oxygens (including phenoxy) is 2. The van der Waals surface area contributed by atoms with Crippen LogP contribution >= 0.6 is 23.2 Å². The topological polar surface area (TPSA) is 151 Å². The van der Waals surface area contributed by atoms with Gasteiger partial charge in [-0.2, -0.15) is 4.98 Å². The minimum atomic E-state index is -0.424. The van der Waals surface area contributed by atoms with E-state index >= 15 is 0 Å². The van der Waals surface area contributed by atoms with Crippen LogP contribution in [0.1, 0.15) is 0 Å². The molecule has 42 heavy (non-hydrogen) atoms. The Bertz CT molecular complexity index is 1910. The number of nitrogens with one attached hydrogen (secondary N) is 2. The largest absolute Gasteiger partial charge is 0.495 e. The first kappa shape index (κ1) is 28.5. The number of amides is 1. The number of pyridine rings is 1. The lowest BCUT2D eigenvalue weighted by Crippen LogP contribution is -2.20. The Morgan fingerprint density at radius 2 is 1.76 bits per heavy atom. The average Bonchev–Trinajstić information content (AvgIpc) is 3.42. The van der Waals surface area contributed by atoms with E-state index < -0.39 is 11.5 Å². The van der Waals surface area contributed by atoms with Crippen molar-refractivity contribution in [3.05, 3.63) is 69.6 Å². The maximum atomic E-state index is 13.6. The highest BCUT2D eigenvalue weighted by molar-refractivity contribution is 6.41. The standard InChI is InChI=1S/C27H23Cl2N9O4/c1-6-20(39)31-17-10-13(25-34-35-36-38(25)3)7-8-16(17)32-27-30-12-14-9-15(26(40)37(2)24(14)33-27)21-22(28)18(41-4)11-19(42-5)23(21)29/h6-12H,1H2,2-5H3,(H,31,39)(H,30,32,33).